The summed E-state index contributed by atoms with van der Waals surface area (Å²) in [5.74, 6) is 0.713. The fourth-order valence-corrected chi connectivity index (χ4v) is 2.73. The number of imidazole rings is 1. The first-order valence-electron chi connectivity index (χ1n) is 6.01. The van der Waals surface area contributed by atoms with Gasteiger partial charge in [-0.25, -0.2) is 14.3 Å². The number of hydrogen-bond acceptors (Lipinski definition) is 2. The van der Waals surface area contributed by atoms with Gasteiger partial charge in [-0.1, -0.05) is 18.2 Å². The minimum Gasteiger partial charge on any atom is -0.710 e. The average Bonchev–Trinajstić information content (AvgIpc) is 2.73. The van der Waals surface area contributed by atoms with Crippen molar-refractivity contribution in [3.8, 4) is 11.4 Å². The predicted octanol–water partition coefficient (Wildman–Crippen LogP) is 1.89. The van der Waals surface area contributed by atoms with Crippen molar-refractivity contribution in [2.24, 2.45) is 0 Å². The number of aromatic nitrogens is 3. The first-order chi connectivity index (χ1) is 8.86. The Bertz CT molecular complexity index is 761. The van der Waals surface area contributed by atoms with Crippen molar-refractivity contribution in [1.82, 2.24) is 9.55 Å². The van der Waals surface area contributed by atoms with Crippen molar-refractivity contribution in [2.45, 2.75) is 13.0 Å². The maximum Gasteiger partial charge on any atom is 0.294 e. The van der Waals surface area contributed by atoms with Gasteiger partial charge in [0.2, 0.25) is 0 Å². The van der Waals surface area contributed by atoms with Crippen molar-refractivity contribution < 1.29 is 4.73 Å². The topological polar surface area (TPSA) is 44.8 Å². The lowest BCUT2D eigenvalue weighted by molar-refractivity contribution is -0.565. The third-order valence-electron chi connectivity index (χ3n) is 3.55. The van der Waals surface area contributed by atoms with Gasteiger partial charge < -0.3 is 5.21 Å². The molecule has 3 aromatic rings. The molecule has 1 aliphatic heterocycles. The van der Waals surface area contributed by atoms with Crippen LogP contribution < -0.4 is 4.73 Å². The second kappa shape index (κ2) is 3.32. The minimum absolute atomic E-state index is 0.643. The summed E-state index contributed by atoms with van der Waals surface area (Å²) >= 11 is 0. The molecule has 0 atom stereocenters. The zero-order chi connectivity index (χ0) is 12.1. The van der Waals surface area contributed by atoms with E-state index in [0.29, 0.717) is 11.3 Å². The van der Waals surface area contributed by atoms with E-state index in [2.05, 4.69) is 11.1 Å². The Morgan fingerprint density at radius 1 is 1.17 bits per heavy atom. The van der Waals surface area contributed by atoms with Gasteiger partial charge in [0.1, 0.15) is 0 Å². The lowest BCUT2D eigenvalue weighted by Crippen LogP contribution is -2.30. The zero-order valence-electron chi connectivity index (χ0n) is 9.71. The van der Waals surface area contributed by atoms with Crippen molar-refractivity contribution in [1.29, 1.82) is 0 Å². The molecule has 0 N–H and O–H groups in total. The highest BCUT2D eigenvalue weighted by Crippen LogP contribution is 2.29. The summed E-state index contributed by atoms with van der Waals surface area (Å²) in [6.45, 7) is 0.815. The van der Waals surface area contributed by atoms with Gasteiger partial charge in [-0.15, -0.1) is 0 Å². The van der Waals surface area contributed by atoms with Crippen LogP contribution in [0.3, 0.4) is 0 Å². The van der Waals surface area contributed by atoms with E-state index >= 15 is 0 Å². The SMILES string of the molecule is [O-][n+]1c2n(c3ncccc31)CCc1ccccc1-2. The fourth-order valence-electron chi connectivity index (χ4n) is 2.73. The van der Waals surface area contributed by atoms with E-state index in [0.717, 1.165) is 28.9 Å². The number of hydrogen-bond donors (Lipinski definition) is 0. The van der Waals surface area contributed by atoms with E-state index in [1.54, 1.807) is 12.3 Å². The van der Waals surface area contributed by atoms with Crippen LogP contribution in [0.25, 0.3) is 22.6 Å². The van der Waals surface area contributed by atoms with Crippen LogP contribution in [0.5, 0.6) is 0 Å². The van der Waals surface area contributed by atoms with Gasteiger partial charge in [0.05, 0.1) is 12.1 Å². The molecule has 0 amide bonds. The van der Waals surface area contributed by atoms with Crippen LogP contribution in [-0.2, 0) is 13.0 Å². The van der Waals surface area contributed by atoms with Gasteiger partial charge in [-0.3, -0.25) is 0 Å². The summed E-state index contributed by atoms with van der Waals surface area (Å²) in [5.41, 5.74) is 3.68. The molecule has 0 unspecified atom stereocenters. The van der Waals surface area contributed by atoms with Crippen LogP contribution in [0.4, 0.5) is 0 Å². The van der Waals surface area contributed by atoms with E-state index < -0.39 is 0 Å². The molecule has 0 spiro atoms. The summed E-state index contributed by atoms with van der Waals surface area (Å²) in [6, 6.07) is 11.7. The van der Waals surface area contributed by atoms with Gasteiger partial charge in [-0.2, -0.15) is 0 Å². The summed E-state index contributed by atoms with van der Waals surface area (Å²) in [7, 11) is 0. The number of fused-ring (bicyclic) bond motifs is 5. The van der Waals surface area contributed by atoms with Crippen LogP contribution in [0.15, 0.2) is 42.6 Å². The first kappa shape index (κ1) is 9.65. The molecule has 1 aliphatic rings. The highest BCUT2D eigenvalue weighted by Gasteiger charge is 2.28. The molecule has 4 nitrogen and oxygen atoms in total. The van der Waals surface area contributed by atoms with Crippen LogP contribution in [0, 0.1) is 5.21 Å². The zero-order valence-corrected chi connectivity index (χ0v) is 9.71. The normalized spacial score (nSPS) is 13.3. The third-order valence-corrected chi connectivity index (χ3v) is 3.55. The molecule has 0 saturated carbocycles. The van der Waals surface area contributed by atoms with Gasteiger partial charge in [0.25, 0.3) is 11.5 Å². The standard InChI is InChI=1S/C14H11N3O/c18-17-12-6-3-8-15-13(12)16-9-7-10-4-1-2-5-11(10)14(16)17/h1-6,8H,7,9H2. The maximum absolute atomic E-state index is 12.4. The smallest absolute Gasteiger partial charge is 0.294 e. The molecule has 0 radical (unpaired) electrons. The van der Waals surface area contributed by atoms with Gasteiger partial charge in [0.15, 0.2) is 5.52 Å². The number of pyridine rings is 1. The second-order valence-corrected chi connectivity index (χ2v) is 4.52. The van der Waals surface area contributed by atoms with Crippen molar-refractivity contribution in [3.05, 3.63) is 53.4 Å². The van der Waals surface area contributed by atoms with Crippen LogP contribution in [0.2, 0.25) is 0 Å². The predicted molar refractivity (Wildman–Crippen MR) is 67.8 cm³/mol. The Morgan fingerprint density at radius 2 is 2.06 bits per heavy atom. The first-order valence-corrected chi connectivity index (χ1v) is 6.01. The number of benzene rings is 1. The fraction of sp³-hybridized carbons (Fsp3) is 0.143. The number of rotatable bonds is 0. The largest absolute Gasteiger partial charge is 0.710 e. The van der Waals surface area contributed by atoms with Gasteiger partial charge in [0, 0.05) is 12.6 Å². The van der Waals surface area contributed by atoms with E-state index in [1.165, 1.54) is 5.56 Å². The molecule has 0 fully saturated rings. The van der Waals surface area contributed by atoms with Crippen LogP contribution in [0.1, 0.15) is 5.56 Å². The lowest BCUT2D eigenvalue weighted by Gasteiger charge is -2.14. The summed E-state index contributed by atoms with van der Waals surface area (Å²) in [5, 5.41) is 12.4. The maximum atomic E-state index is 12.4. The van der Waals surface area contributed by atoms with E-state index in [4.69, 9.17) is 0 Å². The van der Waals surface area contributed by atoms with E-state index in [-0.39, 0.29) is 0 Å². The Hall–Kier alpha value is -2.36. The van der Waals surface area contributed by atoms with E-state index in [9.17, 15) is 5.21 Å². The summed E-state index contributed by atoms with van der Waals surface area (Å²) in [4.78, 5) is 4.33. The molecular formula is C14H11N3O. The average molecular weight is 237 g/mol. The molecule has 88 valence electrons. The molecule has 1 aromatic carbocycles. The number of aryl methyl sites for hydroxylation is 2. The molecule has 0 saturated heterocycles. The third kappa shape index (κ3) is 1.09. The minimum atomic E-state index is 0.643. The highest BCUT2D eigenvalue weighted by molar-refractivity contribution is 5.74. The van der Waals surface area contributed by atoms with Crippen LogP contribution >= 0.6 is 0 Å². The molecule has 2 aromatic heterocycles. The van der Waals surface area contributed by atoms with Crippen molar-refractivity contribution >= 4 is 11.2 Å². The van der Waals surface area contributed by atoms with Gasteiger partial charge in [-0.05, 0) is 23.8 Å². The monoisotopic (exact) mass is 237 g/mol. The Kier molecular flexibility index (Phi) is 1.78. The molecule has 4 rings (SSSR count). The highest BCUT2D eigenvalue weighted by atomic mass is 16.5. The Labute approximate surface area is 104 Å². The number of nitrogens with zero attached hydrogens (tertiary/aromatic N) is 3. The molecule has 0 bridgehead atoms. The molecular weight excluding hydrogens is 226 g/mol. The van der Waals surface area contributed by atoms with Crippen molar-refractivity contribution in [3.63, 3.8) is 0 Å². The molecule has 3 heterocycles. The Morgan fingerprint density at radius 3 is 3.00 bits per heavy atom. The van der Waals surface area contributed by atoms with Gasteiger partial charge >= 0.3 is 0 Å². The second-order valence-electron chi connectivity index (χ2n) is 4.52. The molecule has 18 heavy (non-hydrogen) atoms. The van der Waals surface area contributed by atoms with Crippen molar-refractivity contribution in [2.75, 3.05) is 0 Å². The Balaban J connectivity index is 2.16. The quantitative estimate of drug-likeness (QED) is 0.442. The summed E-state index contributed by atoms with van der Waals surface area (Å²) in [6.07, 6.45) is 2.68. The van der Waals surface area contributed by atoms with Crippen LogP contribution in [-0.4, -0.2) is 9.55 Å². The molecule has 0 aliphatic carbocycles. The van der Waals surface area contributed by atoms with E-state index in [1.807, 2.05) is 28.8 Å². The molecule has 4 heteroatoms. The summed E-state index contributed by atoms with van der Waals surface area (Å²) < 4.78 is 3.02. The lowest BCUT2D eigenvalue weighted by atomic mass is 10.0.